The van der Waals surface area contributed by atoms with E-state index in [9.17, 15) is 14.5 Å². The molecule has 4 aromatic rings. The van der Waals surface area contributed by atoms with E-state index in [-0.39, 0.29) is 10.5 Å². The molecule has 7 nitrogen and oxygen atoms in total. The molecule has 37 heavy (non-hydrogen) atoms. The van der Waals surface area contributed by atoms with Gasteiger partial charge in [-0.2, -0.15) is 0 Å². The molecular weight excluding hydrogens is 507 g/mol. The average molecular weight is 539 g/mol. The molecule has 1 saturated carbocycles. The predicted octanol–water partition coefficient (Wildman–Crippen LogP) is 8.17. The highest BCUT2D eigenvalue weighted by Crippen LogP contribution is 2.61. The van der Waals surface area contributed by atoms with Crippen LogP contribution in [0.3, 0.4) is 0 Å². The number of thiophene rings is 1. The van der Waals surface area contributed by atoms with Crippen molar-refractivity contribution in [3.63, 3.8) is 0 Å². The Kier molecular flexibility index (Phi) is 7.26. The Balaban J connectivity index is 1.46. The van der Waals surface area contributed by atoms with E-state index in [1.54, 1.807) is 17.9 Å². The van der Waals surface area contributed by atoms with Crippen molar-refractivity contribution in [1.82, 2.24) is 4.98 Å². The van der Waals surface area contributed by atoms with Crippen LogP contribution in [0.1, 0.15) is 49.2 Å². The third-order valence-electron chi connectivity index (χ3n) is 7.18. The maximum absolute atomic E-state index is 14.3. The van der Waals surface area contributed by atoms with Crippen molar-refractivity contribution < 1.29 is 23.4 Å². The first kappa shape index (κ1) is 25.7. The van der Waals surface area contributed by atoms with Gasteiger partial charge in [0, 0.05) is 29.8 Å². The van der Waals surface area contributed by atoms with Crippen molar-refractivity contribution in [1.29, 1.82) is 0 Å². The molecule has 0 aliphatic heterocycles. The molecule has 1 N–H and O–H groups in total. The molecule has 1 aliphatic carbocycles. The number of benzene rings is 1. The van der Waals surface area contributed by atoms with Gasteiger partial charge >= 0.3 is 5.97 Å². The SMILES string of the molecule is CCOP(=O)(C1CCC(C)CC1)N(C)c1cc(-c2ccc(-c3cc4ncccc4o3)cc2)sc1C(=O)O. The Morgan fingerprint density at radius 1 is 1.16 bits per heavy atom. The lowest BCUT2D eigenvalue weighted by atomic mass is 9.91. The van der Waals surface area contributed by atoms with Gasteiger partial charge in [0.1, 0.15) is 16.2 Å². The first-order valence-corrected chi connectivity index (χ1v) is 15.1. The zero-order chi connectivity index (χ0) is 26.2. The molecular formula is C28H31N2O5PS. The second kappa shape index (κ2) is 10.4. The zero-order valence-electron chi connectivity index (χ0n) is 21.2. The van der Waals surface area contributed by atoms with E-state index in [4.69, 9.17) is 8.94 Å². The molecule has 0 radical (unpaired) electrons. The van der Waals surface area contributed by atoms with Crippen LogP contribution in [0.4, 0.5) is 5.69 Å². The van der Waals surface area contributed by atoms with Gasteiger partial charge in [-0.05, 0) is 62.3 Å². The van der Waals surface area contributed by atoms with Gasteiger partial charge in [-0.3, -0.25) is 9.55 Å². The van der Waals surface area contributed by atoms with Gasteiger partial charge in [-0.1, -0.05) is 31.2 Å². The highest BCUT2D eigenvalue weighted by atomic mass is 32.1. The minimum atomic E-state index is -3.28. The van der Waals surface area contributed by atoms with Crippen molar-refractivity contribution >= 4 is 41.6 Å². The maximum Gasteiger partial charge on any atom is 0.348 e. The zero-order valence-corrected chi connectivity index (χ0v) is 22.9. The summed E-state index contributed by atoms with van der Waals surface area (Å²) in [4.78, 5) is 17.5. The molecule has 194 valence electrons. The molecule has 0 saturated heterocycles. The van der Waals surface area contributed by atoms with Crippen LogP contribution in [-0.4, -0.2) is 35.4 Å². The summed E-state index contributed by atoms with van der Waals surface area (Å²) >= 11 is 1.18. The van der Waals surface area contributed by atoms with E-state index in [1.807, 2.05) is 55.5 Å². The molecule has 3 heterocycles. The Labute approximate surface area is 220 Å². The number of carbonyl (C=O) groups is 1. The highest BCUT2D eigenvalue weighted by molar-refractivity contribution is 7.61. The smallest absolute Gasteiger partial charge is 0.348 e. The van der Waals surface area contributed by atoms with E-state index in [0.29, 0.717) is 18.2 Å². The lowest BCUT2D eigenvalue weighted by molar-refractivity contribution is 0.0703. The summed E-state index contributed by atoms with van der Waals surface area (Å²) in [6.07, 6.45) is 5.38. The van der Waals surface area contributed by atoms with E-state index < -0.39 is 13.5 Å². The summed E-state index contributed by atoms with van der Waals surface area (Å²) < 4.78 is 27.8. The fourth-order valence-corrected chi connectivity index (χ4v) is 8.82. The molecule has 5 rings (SSSR count). The molecule has 1 atom stereocenters. The Morgan fingerprint density at radius 2 is 1.86 bits per heavy atom. The number of hydrogen-bond donors (Lipinski definition) is 1. The van der Waals surface area contributed by atoms with Crippen LogP contribution in [0, 0.1) is 5.92 Å². The van der Waals surface area contributed by atoms with E-state index in [0.717, 1.165) is 58.5 Å². The quantitative estimate of drug-likeness (QED) is 0.226. The Hall–Kier alpha value is -2.93. The van der Waals surface area contributed by atoms with Gasteiger partial charge in [0.15, 0.2) is 5.58 Å². The second-order valence-electron chi connectivity index (χ2n) is 9.62. The van der Waals surface area contributed by atoms with Crippen LogP contribution in [-0.2, 0) is 9.09 Å². The lowest BCUT2D eigenvalue weighted by Gasteiger charge is -2.37. The number of hydrogen-bond acceptors (Lipinski definition) is 6. The molecule has 0 amide bonds. The molecule has 3 aromatic heterocycles. The van der Waals surface area contributed by atoms with Crippen LogP contribution >= 0.6 is 18.9 Å². The summed E-state index contributed by atoms with van der Waals surface area (Å²) in [6.45, 7) is 4.37. The molecule has 1 aliphatic rings. The van der Waals surface area contributed by atoms with Crippen LogP contribution in [0.15, 0.2) is 59.1 Å². The Morgan fingerprint density at radius 3 is 2.51 bits per heavy atom. The minimum absolute atomic E-state index is 0.101. The monoisotopic (exact) mass is 538 g/mol. The van der Waals surface area contributed by atoms with Crippen molar-refractivity contribution in [3.05, 3.63) is 59.6 Å². The lowest BCUT2D eigenvalue weighted by Crippen LogP contribution is -2.28. The number of carboxylic acids is 1. The third-order valence-corrected chi connectivity index (χ3v) is 11.5. The largest absolute Gasteiger partial charge is 0.477 e. The second-order valence-corrected chi connectivity index (χ2v) is 13.4. The van der Waals surface area contributed by atoms with E-state index >= 15 is 0 Å². The first-order chi connectivity index (χ1) is 17.8. The number of aromatic carboxylic acids is 1. The van der Waals surface area contributed by atoms with Crippen molar-refractivity contribution in [3.8, 4) is 21.8 Å². The molecule has 1 aromatic carbocycles. The Bertz CT molecular complexity index is 1420. The number of pyridine rings is 1. The third kappa shape index (κ3) is 4.98. The molecule has 1 fully saturated rings. The van der Waals surface area contributed by atoms with Gasteiger partial charge in [-0.25, -0.2) is 4.79 Å². The van der Waals surface area contributed by atoms with Gasteiger partial charge in [0.05, 0.1) is 18.0 Å². The van der Waals surface area contributed by atoms with Gasteiger partial charge in [-0.15, -0.1) is 11.3 Å². The van der Waals surface area contributed by atoms with Crippen molar-refractivity contribution in [2.24, 2.45) is 5.92 Å². The van der Waals surface area contributed by atoms with Crippen molar-refractivity contribution in [2.75, 3.05) is 18.3 Å². The van der Waals surface area contributed by atoms with Crippen LogP contribution < -0.4 is 4.67 Å². The predicted molar refractivity (Wildman–Crippen MR) is 149 cm³/mol. The maximum atomic E-state index is 14.3. The number of carboxylic acid groups (broad SMARTS) is 1. The number of furan rings is 1. The molecule has 1 unspecified atom stereocenters. The summed E-state index contributed by atoms with van der Waals surface area (Å²) in [5, 5.41) is 10.0. The minimum Gasteiger partial charge on any atom is -0.477 e. The van der Waals surface area contributed by atoms with Crippen molar-refractivity contribution in [2.45, 2.75) is 45.2 Å². The number of anilines is 1. The number of nitrogens with zero attached hydrogens (tertiary/aromatic N) is 2. The summed E-state index contributed by atoms with van der Waals surface area (Å²) in [7, 11) is -1.57. The normalized spacial score (nSPS) is 19.5. The fourth-order valence-electron chi connectivity index (χ4n) is 5.07. The molecule has 9 heteroatoms. The number of aromatic nitrogens is 1. The number of fused-ring (bicyclic) bond motifs is 1. The number of rotatable bonds is 8. The topological polar surface area (TPSA) is 92.9 Å². The van der Waals surface area contributed by atoms with Gasteiger partial charge in [0.25, 0.3) is 7.52 Å². The van der Waals surface area contributed by atoms with Gasteiger partial charge < -0.3 is 18.7 Å². The molecule has 0 spiro atoms. The summed E-state index contributed by atoms with van der Waals surface area (Å²) in [6, 6.07) is 15.2. The van der Waals surface area contributed by atoms with Crippen LogP contribution in [0.5, 0.6) is 0 Å². The summed E-state index contributed by atoms with van der Waals surface area (Å²) in [5.74, 6) is 0.292. The van der Waals surface area contributed by atoms with Crippen LogP contribution in [0.2, 0.25) is 0 Å². The highest BCUT2D eigenvalue weighted by Gasteiger charge is 2.41. The molecule has 0 bridgehead atoms. The van der Waals surface area contributed by atoms with E-state index in [2.05, 4.69) is 11.9 Å². The fraction of sp³-hybridized carbons (Fsp3) is 0.357. The van der Waals surface area contributed by atoms with E-state index in [1.165, 1.54) is 11.3 Å². The average Bonchev–Trinajstić information content (AvgIpc) is 3.54. The van der Waals surface area contributed by atoms with Gasteiger partial charge in [0.2, 0.25) is 0 Å². The summed E-state index contributed by atoms with van der Waals surface area (Å²) in [5.41, 5.74) is 3.64. The standard InChI is InChI=1S/C28H31N2O5PS/c1-4-34-36(33,21-13-7-18(2)8-14-21)30(3)23-17-26(37-27(23)28(31)32)20-11-9-19(10-12-20)25-16-22-24(35-25)6-5-15-29-22/h5-6,9-12,15-18,21H,4,7-8,13-14H2,1-3H3,(H,31,32). The van der Waals surface area contributed by atoms with Crippen LogP contribution in [0.25, 0.3) is 32.9 Å². The first-order valence-electron chi connectivity index (χ1n) is 12.6.